The van der Waals surface area contributed by atoms with Crippen LogP contribution in [0.15, 0.2) is 24.3 Å². The largest absolute Gasteiger partial charge is 0.394 e. The maximum Gasteiger partial charge on any atom is 0.248 e. The van der Waals surface area contributed by atoms with Crippen molar-refractivity contribution in [2.75, 3.05) is 13.2 Å². The van der Waals surface area contributed by atoms with Crippen LogP contribution < -0.4 is 10.6 Å². The summed E-state index contributed by atoms with van der Waals surface area (Å²) in [6.45, 7) is 2.95. The molecular weight excluding hydrogens is 282 g/mol. The molecule has 118 valence electrons. The van der Waals surface area contributed by atoms with Gasteiger partial charge < -0.3 is 20.6 Å². The van der Waals surface area contributed by atoms with Crippen molar-refractivity contribution in [1.29, 1.82) is 0 Å². The van der Waals surface area contributed by atoms with Crippen LogP contribution in [0.4, 0.5) is 0 Å². The Labute approximate surface area is 129 Å². The molecule has 0 bridgehead atoms. The molecule has 1 aromatic carbocycles. The van der Waals surface area contributed by atoms with Gasteiger partial charge in [0.05, 0.1) is 6.61 Å². The lowest BCUT2D eigenvalue weighted by Gasteiger charge is -2.33. The molecule has 1 aromatic rings. The molecule has 0 unspecified atom stereocenters. The van der Waals surface area contributed by atoms with Gasteiger partial charge in [0.15, 0.2) is 0 Å². The zero-order chi connectivity index (χ0) is 15.7. The van der Waals surface area contributed by atoms with Gasteiger partial charge in [-0.25, -0.2) is 0 Å². The van der Waals surface area contributed by atoms with Gasteiger partial charge in [-0.05, 0) is 24.5 Å². The molecule has 22 heavy (non-hydrogen) atoms. The van der Waals surface area contributed by atoms with Crippen LogP contribution in [-0.2, 0) is 16.1 Å². The van der Waals surface area contributed by atoms with E-state index in [1.807, 2.05) is 12.1 Å². The fraction of sp³-hybridized carbons (Fsp3) is 0.500. The van der Waals surface area contributed by atoms with Crippen molar-refractivity contribution in [2.24, 2.45) is 0 Å². The minimum Gasteiger partial charge on any atom is -0.394 e. The van der Waals surface area contributed by atoms with E-state index in [4.69, 9.17) is 5.11 Å². The highest BCUT2D eigenvalue weighted by atomic mass is 16.3. The molecular formula is C16H21N3O3. The fourth-order valence-corrected chi connectivity index (χ4v) is 3.19. The first-order valence-electron chi connectivity index (χ1n) is 7.59. The lowest BCUT2D eigenvalue weighted by Crippen LogP contribution is -2.62. The maximum atomic E-state index is 12.2. The predicted octanol–water partition coefficient (Wildman–Crippen LogP) is -0.455. The van der Waals surface area contributed by atoms with Crippen LogP contribution in [0.25, 0.3) is 0 Å². The molecule has 6 nitrogen and oxygen atoms in total. The molecule has 6 heteroatoms. The van der Waals surface area contributed by atoms with Gasteiger partial charge in [0.25, 0.3) is 0 Å². The van der Waals surface area contributed by atoms with Crippen LogP contribution in [-0.4, -0.2) is 53.1 Å². The van der Waals surface area contributed by atoms with Gasteiger partial charge in [0.1, 0.15) is 12.1 Å². The molecule has 2 aliphatic heterocycles. The van der Waals surface area contributed by atoms with E-state index in [1.54, 1.807) is 4.90 Å². The minimum absolute atomic E-state index is 0.0942. The van der Waals surface area contributed by atoms with Crippen molar-refractivity contribution < 1.29 is 14.7 Å². The molecule has 2 aliphatic rings. The standard InChI is InChI=1S/C16H21N3O3/c1-10-4-2-3-5-11(10)7-17-12-6-14-15(21)18-13(9-20)16(22)19(14)8-12/h2-5,12-14,17,20H,6-9H2,1H3,(H,18,21)/t12-,13+,14-/m0/s1. The quantitative estimate of drug-likeness (QED) is 0.703. The number of carbonyl (C=O) groups excluding carboxylic acids is 2. The van der Waals surface area contributed by atoms with E-state index in [9.17, 15) is 9.59 Å². The van der Waals surface area contributed by atoms with Gasteiger partial charge in [0, 0.05) is 19.1 Å². The summed E-state index contributed by atoms with van der Waals surface area (Å²) in [5, 5.41) is 15.2. The summed E-state index contributed by atoms with van der Waals surface area (Å²) >= 11 is 0. The van der Waals surface area contributed by atoms with Crippen LogP contribution in [0, 0.1) is 6.92 Å². The molecule has 0 spiro atoms. The first-order chi connectivity index (χ1) is 10.6. The van der Waals surface area contributed by atoms with Gasteiger partial charge in [-0.2, -0.15) is 0 Å². The molecule has 2 amide bonds. The zero-order valence-corrected chi connectivity index (χ0v) is 12.6. The maximum absolute atomic E-state index is 12.2. The molecule has 3 atom stereocenters. The van der Waals surface area contributed by atoms with Crippen molar-refractivity contribution in [1.82, 2.24) is 15.5 Å². The topological polar surface area (TPSA) is 81.7 Å². The Hall–Kier alpha value is -1.92. The van der Waals surface area contributed by atoms with E-state index < -0.39 is 12.1 Å². The second-order valence-corrected chi connectivity index (χ2v) is 5.99. The number of piperazine rings is 1. The van der Waals surface area contributed by atoms with Crippen LogP contribution in [0.1, 0.15) is 17.5 Å². The number of benzene rings is 1. The number of aryl methyl sites for hydroxylation is 1. The first kappa shape index (κ1) is 15.0. The molecule has 0 saturated carbocycles. The molecule has 0 radical (unpaired) electrons. The number of carbonyl (C=O) groups is 2. The number of fused-ring (bicyclic) bond motifs is 1. The number of amides is 2. The number of aliphatic hydroxyl groups is 1. The smallest absolute Gasteiger partial charge is 0.248 e. The van der Waals surface area contributed by atoms with Crippen LogP contribution in [0.3, 0.4) is 0 Å². The van der Waals surface area contributed by atoms with Crippen molar-refractivity contribution in [3.63, 3.8) is 0 Å². The summed E-state index contributed by atoms with van der Waals surface area (Å²) in [6.07, 6.45) is 0.613. The normalized spacial score (nSPS) is 27.7. The first-order valence-corrected chi connectivity index (χ1v) is 7.59. The predicted molar refractivity (Wildman–Crippen MR) is 80.9 cm³/mol. The second-order valence-electron chi connectivity index (χ2n) is 5.99. The Bertz CT molecular complexity index is 590. The molecule has 2 fully saturated rings. The lowest BCUT2D eigenvalue weighted by atomic mass is 10.1. The summed E-state index contributed by atoms with van der Waals surface area (Å²) < 4.78 is 0. The molecule has 0 aromatic heterocycles. The third-order valence-corrected chi connectivity index (χ3v) is 4.53. The minimum atomic E-state index is -0.793. The number of nitrogens with one attached hydrogen (secondary N) is 2. The monoisotopic (exact) mass is 303 g/mol. The second kappa shape index (κ2) is 6.06. The van der Waals surface area contributed by atoms with E-state index in [0.29, 0.717) is 13.0 Å². The Morgan fingerprint density at radius 2 is 2.14 bits per heavy atom. The summed E-state index contributed by atoms with van der Waals surface area (Å²) in [6, 6.07) is 7.04. The summed E-state index contributed by atoms with van der Waals surface area (Å²) in [5.41, 5.74) is 2.44. The van der Waals surface area contributed by atoms with E-state index >= 15 is 0 Å². The molecule has 0 aliphatic carbocycles. The van der Waals surface area contributed by atoms with E-state index in [1.165, 1.54) is 11.1 Å². The Balaban J connectivity index is 1.63. The molecule has 3 N–H and O–H groups in total. The van der Waals surface area contributed by atoms with E-state index in [-0.39, 0.29) is 24.5 Å². The third kappa shape index (κ3) is 2.71. The van der Waals surface area contributed by atoms with Crippen LogP contribution in [0.2, 0.25) is 0 Å². The third-order valence-electron chi connectivity index (χ3n) is 4.53. The highest BCUT2D eigenvalue weighted by Crippen LogP contribution is 2.23. The lowest BCUT2D eigenvalue weighted by molar-refractivity contribution is -0.148. The highest BCUT2D eigenvalue weighted by molar-refractivity contribution is 5.97. The Morgan fingerprint density at radius 1 is 1.36 bits per heavy atom. The van der Waals surface area contributed by atoms with Crippen LogP contribution >= 0.6 is 0 Å². The fourth-order valence-electron chi connectivity index (χ4n) is 3.19. The number of hydrogen-bond acceptors (Lipinski definition) is 4. The van der Waals surface area contributed by atoms with Gasteiger partial charge >= 0.3 is 0 Å². The molecule has 3 rings (SSSR count). The average molecular weight is 303 g/mol. The highest BCUT2D eigenvalue weighted by Gasteiger charge is 2.45. The average Bonchev–Trinajstić information content (AvgIpc) is 2.95. The van der Waals surface area contributed by atoms with Gasteiger partial charge in [-0.3, -0.25) is 9.59 Å². The van der Waals surface area contributed by atoms with E-state index in [0.717, 1.165) is 6.54 Å². The van der Waals surface area contributed by atoms with Crippen LogP contribution in [0.5, 0.6) is 0 Å². The van der Waals surface area contributed by atoms with Gasteiger partial charge in [0.2, 0.25) is 11.8 Å². The Kier molecular flexibility index (Phi) is 4.13. The van der Waals surface area contributed by atoms with Crippen molar-refractivity contribution >= 4 is 11.8 Å². The molecule has 2 heterocycles. The van der Waals surface area contributed by atoms with Gasteiger partial charge in [-0.1, -0.05) is 24.3 Å². The Morgan fingerprint density at radius 3 is 2.86 bits per heavy atom. The SMILES string of the molecule is Cc1ccccc1CN[C@H]1C[C@H]2C(=O)N[C@H](CO)C(=O)N2C1. The number of hydrogen-bond donors (Lipinski definition) is 3. The van der Waals surface area contributed by atoms with Crippen molar-refractivity contribution in [3.05, 3.63) is 35.4 Å². The van der Waals surface area contributed by atoms with Gasteiger partial charge in [-0.15, -0.1) is 0 Å². The van der Waals surface area contributed by atoms with Crippen molar-refractivity contribution in [3.8, 4) is 0 Å². The number of nitrogens with zero attached hydrogens (tertiary/aromatic N) is 1. The zero-order valence-electron chi connectivity index (χ0n) is 12.6. The number of rotatable bonds is 4. The number of aliphatic hydroxyl groups excluding tert-OH is 1. The summed E-state index contributed by atoms with van der Waals surface area (Å²) in [5.74, 6) is -0.355. The molecule has 2 saturated heterocycles. The summed E-state index contributed by atoms with van der Waals surface area (Å²) in [7, 11) is 0. The summed E-state index contributed by atoms with van der Waals surface area (Å²) in [4.78, 5) is 25.8. The van der Waals surface area contributed by atoms with E-state index in [2.05, 4.69) is 29.7 Å². The van der Waals surface area contributed by atoms with Crippen molar-refractivity contribution in [2.45, 2.75) is 38.0 Å².